The highest BCUT2D eigenvalue weighted by Crippen LogP contribution is 1.93. The summed E-state index contributed by atoms with van der Waals surface area (Å²) < 4.78 is 22.0. The predicted molar refractivity (Wildman–Crippen MR) is 42.9 cm³/mol. The Morgan fingerprint density at radius 1 is 1.75 bits per heavy atom. The van der Waals surface area contributed by atoms with Crippen molar-refractivity contribution in [3.05, 3.63) is 11.6 Å². The van der Waals surface area contributed by atoms with Gasteiger partial charge in [-0.1, -0.05) is 6.08 Å². The first-order valence-corrected chi connectivity index (χ1v) is 4.34. The van der Waals surface area contributed by atoms with E-state index in [4.69, 9.17) is 5.11 Å². The molecule has 12 heavy (non-hydrogen) atoms. The fourth-order valence-electron chi connectivity index (χ4n) is 0.518. The van der Waals surface area contributed by atoms with Crippen molar-refractivity contribution in [3.8, 4) is 0 Å². The van der Waals surface area contributed by atoms with E-state index in [1.54, 1.807) is 0 Å². The van der Waals surface area contributed by atoms with Gasteiger partial charge < -0.3 is 9.66 Å². The second-order valence-electron chi connectivity index (χ2n) is 2.11. The van der Waals surface area contributed by atoms with Crippen LogP contribution >= 0.6 is 0 Å². The second kappa shape index (κ2) is 5.87. The molecule has 0 aromatic carbocycles. The van der Waals surface area contributed by atoms with E-state index in [9.17, 15) is 13.6 Å². The molecule has 0 rings (SSSR count). The number of hydrogen-bond donors (Lipinski definition) is 2. The van der Waals surface area contributed by atoms with Gasteiger partial charge in [0.25, 0.3) is 0 Å². The van der Waals surface area contributed by atoms with Crippen LogP contribution in [-0.2, 0) is 16.1 Å². The van der Waals surface area contributed by atoms with E-state index in [2.05, 4.69) is 4.72 Å². The standard InChI is InChI=1S/C6H11NO4S/c1-5(6(8)9)3-2-4-7-12(10)11/h3,7H,2,4H2,1H3,(H,8,9)(H,10,11)/p-1. The highest BCUT2D eigenvalue weighted by atomic mass is 32.2. The predicted octanol–water partition coefficient (Wildman–Crippen LogP) is -0.209. The number of nitrogens with one attached hydrogen (secondary N) is 1. The Bertz CT molecular complexity index is 214. The summed E-state index contributed by atoms with van der Waals surface area (Å²) in [5.74, 6) is -0.988. The van der Waals surface area contributed by atoms with Gasteiger partial charge in [0.05, 0.1) is 0 Å². The highest BCUT2D eigenvalue weighted by molar-refractivity contribution is 7.77. The van der Waals surface area contributed by atoms with Gasteiger partial charge in [0.2, 0.25) is 0 Å². The van der Waals surface area contributed by atoms with Crippen molar-refractivity contribution in [3.63, 3.8) is 0 Å². The molecule has 0 fully saturated rings. The van der Waals surface area contributed by atoms with E-state index < -0.39 is 17.2 Å². The molecule has 6 heteroatoms. The Morgan fingerprint density at radius 3 is 2.75 bits per heavy atom. The zero-order valence-electron chi connectivity index (χ0n) is 6.57. The maximum atomic E-state index is 10.2. The molecule has 5 nitrogen and oxygen atoms in total. The van der Waals surface area contributed by atoms with Crippen LogP contribution < -0.4 is 4.72 Å². The summed E-state index contributed by atoms with van der Waals surface area (Å²) in [7, 11) is 0. The van der Waals surface area contributed by atoms with Crippen molar-refractivity contribution in [2.75, 3.05) is 6.54 Å². The first kappa shape index (κ1) is 11.3. The van der Waals surface area contributed by atoms with Crippen LogP contribution in [0, 0.1) is 0 Å². The summed E-state index contributed by atoms with van der Waals surface area (Å²) in [6, 6.07) is 0. The smallest absolute Gasteiger partial charge is 0.330 e. The molecule has 0 saturated carbocycles. The molecular formula is C6H10NO4S-. The topological polar surface area (TPSA) is 89.5 Å². The monoisotopic (exact) mass is 192 g/mol. The summed E-state index contributed by atoms with van der Waals surface area (Å²) in [5, 5.41) is 8.38. The molecule has 0 aliphatic heterocycles. The van der Waals surface area contributed by atoms with Gasteiger partial charge in [-0.15, -0.1) is 0 Å². The van der Waals surface area contributed by atoms with Gasteiger partial charge in [0, 0.05) is 23.4 Å². The molecule has 0 radical (unpaired) electrons. The van der Waals surface area contributed by atoms with Gasteiger partial charge in [0.1, 0.15) is 0 Å². The summed E-state index contributed by atoms with van der Waals surface area (Å²) in [4.78, 5) is 10.2. The third-order valence-electron chi connectivity index (χ3n) is 1.15. The molecule has 0 aromatic rings. The normalized spacial score (nSPS) is 14.3. The van der Waals surface area contributed by atoms with Crippen LogP contribution in [0.5, 0.6) is 0 Å². The van der Waals surface area contributed by atoms with Gasteiger partial charge >= 0.3 is 5.97 Å². The summed E-state index contributed by atoms with van der Waals surface area (Å²) >= 11 is -2.27. The summed E-state index contributed by atoms with van der Waals surface area (Å²) in [6.07, 6.45) is 1.84. The number of hydrogen-bond acceptors (Lipinski definition) is 3. The SMILES string of the molecule is CC(=CCCNS(=O)[O-])C(=O)O. The van der Waals surface area contributed by atoms with Crippen molar-refractivity contribution in [2.45, 2.75) is 13.3 Å². The zero-order chi connectivity index (χ0) is 9.56. The molecule has 1 atom stereocenters. The number of rotatable bonds is 5. The average molecular weight is 192 g/mol. The lowest BCUT2D eigenvalue weighted by Crippen LogP contribution is -2.17. The highest BCUT2D eigenvalue weighted by Gasteiger charge is 1.96. The van der Waals surface area contributed by atoms with E-state index >= 15 is 0 Å². The van der Waals surface area contributed by atoms with Crippen molar-refractivity contribution in [1.82, 2.24) is 4.72 Å². The molecule has 70 valence electrons. The molecule has 0 bridgehead atoms. The van der Waals surface area contributed by atoms with Crippen molar-refractivity contribution < 1.29 is 18.7 Å². The van der Waals surface area contributed by atoms with E-state index in [1.807, 2.05) is 0 Å². The fourth-order valence-corrected chi connectivity index (χ4v) is 0.803. The van der Waals surface area contributed by atoms with Gasteiger partial charge in [-0.3, -0.25) is 4.21 Å². The molecule has 0 aliphatic rings. The lowest BCUT2D eigenvalue weighted by molar-refractivity contribution is -0.132. The maximum absolute atomic E-state index is 10.2. The van der Waals surface area contributed by atoms with E-state index in [0.717, 1.165) is 0 Å². The number of aliphatic carboxylic acids is 1. The van der Waals surface area contributed by atoms with Gasteiger partial charge in [0.15, 0.2) is 0 Å². The van der Waals surface area contributed by atoms with Crippen LogP contribution in [0.4, 0.5) is 0 Å². The number of carbonyl (C=O) groups is 1. The molecule has 1 unspecified atom stereocenters. The molecule has 0 heterocycles. The minimum atomic E-state index is -2.27. The molecule has 2 N–H and O–H groups in total. The molecule has 0 aromatic heterocycles. The molecule has 0 spiro atoms. The molecule has 0 saturated heterocycles. The fraction of sp³-hybridized carbons (Fsp3) is 0.500. The number of carboxylic acid groups (broad SMARTS) is 1. The molecule has 0 amide bonds. The largest absolute Gasteiger partial charge is 0.760 e. The minimum absolute atomic E-state index is 0.216. The lowest BCUT2D eigenvalue weighted by Gasteiger charge is -2.04. The third kappa shape index (κ3) is 6.02. The van der Waals surface area contributed by atoms with Crippen molar-refractivity contribution in [1.29, 1.82) is 0 Å². The van der Waals surface area contributed by atoms with Gasteiger partial charge in [-0.05, 0) is 13.3 Å². The van der Waals surface area contributed by atoms with E-state index in [0.29, 0.717) is 6.42 Å². The first-order chi connectivity index (χ1) is 5.54. The lowest BCUT2D eigenvalue weighted by atomic mass is 10.2. The second-order valence-corrected chi connectivity index (χ2v) is 2.87. The van der Waals surface area contributed by atoms with E-state index in [1.165, 1.54) is 13.0 Å². The van der Waals surface area contributed by atoms with Crippen LogP contribution in [0.1, 0.15) is 13.3 Å². The maximum Gasteiger partial charge on any atom is 0.330 e. The first-order valence-electron chi connectivity index (χ1n) is 3.27. The van der Waals surface area contributed by atoms with Crippen LogP contribution in [0.2, 0.25) is 0 Å². The van der Waals surface area contributed by atoms with Crippen molar-refractivity contribution >= 4 is 17.2 Å². The third-order valence-corrected chi connectivity index (χ3v) is 1.59. The Labute approximate surface area is 72.9 Å². The van der Waals surface area contributed by atoms with Gasteiger partial charge in [-0.2, -0.15) is 0 Å². The number of carboxylic acids is 1. The molecule has 0 aliphatic carbocycles. The Morgan fingerprint density at radius 2 is 2.33 bits per heavy atom. The minimum Gasteiger partial charge on any atom is -0.760 e. The van der Waals surface area contributed by atoms with Crippen LogP contribution in [0.25, 0.3) is 0 Å². The van der Waals surface area contributed by atoms with Crippen LogP contribution in [0.3, 0.4) is 0 Å². The molecular weight excluding hydrogens is 182 g/mol. The Kier molecular flexibility index (Phi) is 5.52. The average Bonchev–Trinajstić information content (AvgIpc) is 1.97. The Hall–Kier alpha value is -0.720. The van der Waals surface area contributed by atoms with E-state index in [-0.39, 0.29) is 12.1 Å². The quantitative estimate of drug-likeness (QED) is 0.358. The zero-order valence-corrected chi connectivity index (χ0v) is 7.39. The Balaban J connectivity index is 3.60. The summed E-state index contributed by atoms with van der Waals surface area (Å²) in [6.45, 7) is 1.68. The van der Waals surface area contributed by atoms with Gasteiger partial charge in [-0.25, -0.2) is 9.52 Å². The van der Waals surface area contributed by atoms with Crippen molar-refractivity contribution in [2.24, 2.45) is 0 Å². The van der Waals surface area contributed by atoms with Crippen LogP contribution in [-0.4, -0.2) is 26.4 Å². The van der Waals surface area contributed by atoms with Crippen LogP contribution in [0.15, 0.2) is 11.6 Å². The summed E-state index contributed by atoms with van der Waals surface area (Å²) in [5.41, 5.74) is 0.216.